The largest absolute Gasteiger partial charge is 0.380 e. The lowest BCUT2D eigenvalue weighted by molar-refractivity contribution is -0.123. The van der Waals surface area contributed by atoms with E-state index in [1.807, 2.05) is 24.7 Å². The van der Waals surface area contributed by atoms with Crippen LogP contribution in [0.5, 0.6) is 0 Å². The third-order valence-corrected chi connectivity index (χ3v) is 3.63. The van der Waals surface area contributed by atoms with E-state index < -0.39 is 0 Å². The first kappa shape index (κ1) is 18.9. The molecular formula is C14H26ClN5O2. The van der Waals surface area contributed by atoms with Gasteiger partial charge in [-0.25, -0.2) is 4.98 Å². The highest BCUT2D eigenvalue weighted by atomic mass is 35.5. The van der Waals surface area contributed by atoms with E-state index in [1.54, 1.807) is 6.20 Å². The topological polar surface area (TPSA) is 71.4 Å². The van der Waals surface area contributed by atoms with Crippen LogP contribution < -0.4 is 10.6 Å². The van der Waals surface area contributed by atoms with Crippen molar-refractivity contribution in [3.63, 3.8) is 0 Å². The molecule has 7 nitrogen and oxygen atoms in total. The first-order valence-corrected chi connectivity index (χ1v) is 7.48. The average Bonchev–Trinajstić information content (AvgIpc) is 2.90. The molecule has 1 amide bonds. The Morgan fingerprint density at radius 2 is 2.41 bits per heavy atom. The summed E-state index contributed by atoms with van der Waals surface area (Å²) in [4.78, 5) is 18.6. The number of halogens is 1. The molecule has 8 heteroatoms. The summed E-state index contributed by atoms with van der Waals surface area (Å²) in [5, 5.41) is 6.26. The van der Waals surface area contributed by atoms with Crippen molar-refractivity contribution in [3.05, 3.63) is 18.2 Å². The number of carbonyl (C=O) groups is 1. The van der Waals surface area contributed by atoms with Crippen molar-refractivity contribution in [2.75, 3.05) is 45.9 Å². The number of nitrogens with zero attached hydrogens (tertiary/aromatic N) is 3. The van der Waals surface area contributed by atoms with Crippen LogP contribution in [0, 0.1) is 0 Å². The molecule has 2 N–H and O–H groups in total. The van der Waals surface area contributed by atoms with E-state index in [-0.39, 0.29) is 24.4 Å². The molecule has 1 saturated heterocycles. The van der Waals surface area contributed by atoms with Crippen LogP contribution in [0.4, 0.5) is 0 Å². The van der Waals surface area contributed by atoms with Gasteiger partial charge in [-0.3, -0.25) is 9.69 Å². The van der Waals surface area contributed by atoms with Gasteiger partial charge < -0.3 is 19.9 Å². The number of ether oxygens (including phenoxy) is 1. The summed E-state index contributed by atoms with van der Waals surface area (Å²) in [6, 6.07) is 0.136. The predicted octanol–water partition coefficient (Wildman–Crippen LogP) is -0.0591. The number of amides is 1. The number of hydrogen-bond acceptors (Lipinski definition) is 5. The van der Waals surface area contributed by atoms with E-state index in [4.69, 9.17) is 4.74 Å². The Labute approximate surface area is 137 Å². The highest BCUT2D eigenvalue weighted by molar-refractivity contribution is 5.85. The van der Waals surface area contributed by atoms with Gasteiger partial charge in [0.1, 0.15) is 5.82 Å². The summed E-state index contributed by atoms with van der Waals surface area (Å²) in [5.41, 5.74) is 0. The smallest absolute Gasteiger partial charge is 0.234 e. The van der Waals surface area contributed by atoms with Gasteiger partial charge in [0.2, 0.25) is 5.91 Å². The van der Waals surface area contributed by atoms with Crippen molar-refractivity contribution in [1.29, 1.82) is 0 Å². The van der Waals surface area contributed by atoms with E-state index in [1.165, 1.54) is 0 Å². The van der Waals surface area contributed by atoms with Crippen LogP contribution >= 0.6 is 12.4 Å². The predicted molar refractivity (Wildman–Crippen MR) is 87.1 cm³/mol. The van der Waals surface area contributed by atoms with Gasteiger partial charge >= 0.3 is 0 Å². The molecule has 0 aliphatic carbocycles. The summed E-state index contributed by atoms with van der Waals surface area (Å²) in [6.45, 7) is 6.69. The quantitative estimate of drug-likeness (QED) is 0.685. The minimum Gasteiger partial charge on any atom is -0.380 e. The number of rotatable bonds is 7. The van der Waals surface area contributed by atoms with Crippen molar-refractivity contribution in [2.45, 2.75) is 13.0 Å². The minimum absolute atomic E-state index is 0. The zero-order chi connectivity index (χ0) is 15.1. The second-order valence-corrected chi connectivity index (χ2v) is 5.13. The van der Waals surface area contributed by atoms with E-state index in [0.29, 0.717) is 26.3 Å². The molecule has 0 bridgehead atoms. The number of piperazine rings is 1. The second-order valence-electron chi connectivity index (χ2n) is 5.13. The standard InChI is InChI=1S/C14H25N5O2.ClH/c1-3-21-9-6-16-13(20)11-19-8-4-15-10-12(19)14-17-5-7-18(14)2;/h5,7,12,15H,3-4,6,8-11H2,1-2H3,(H,16,20);1H. The molecule has 0 spiro atoms. The molecule has 1 aliphatic heterocycles. The number of aryl methyl sites for hydroxylation is 1. The van der Waals surface area contributed by atoms with Gasteiger partial charge in [0.05, 0.1) is 19.2 Å². The van der Waals surface area contributed by atoms with Gasteiger partial charge in [0.15, 0.2) is 0 Å². The summed E-state index contributed by atoms with van der Waals surface area (Å²) in [7, 11) is 1.98. The van der Waals surface area contributed by atoms with Crippen molar-refractivity contribution in [3.8, 4) is 0 Å². The Hall–Kier alpha value is -1.15. The van der Waals surface area contributed by atoms with Gasteiger partial charge in [-0.05, 0) is 6.92 Å². The molecule has 22 heavy (non-hydrogen) atoms. The van der Waals surface area contributed by atoms with Crippen molar-refractivity contribution in [2.24, 2.45) is 7.05 Å². The molecular weight excluding hydrogens is 306 g/mol. The number of imidazole rings is 1. The van der Waals surface area contributed by atoms with E-state index in [2.05, 4.69) is 20.5 Å². The van der Waals surface area contributed by atoms with Crippen LogP contribution in [-0.2, 0) is 16.6 Å². The lowest BCUT2D eigenvalue weighted by Gasteiger charge is -2.35. The average molecular weight is 332 g/mol. The third-order valence-electron chi connectivity index (χ3n) is 3.63. The Balaban J connectivity index is 0.00000242. The van der Waals surface area contributed by atoms with Gasteiger partial charge in [0, 0.05) is 52.2 Å². The van der Waals surface area contributed by atoms with Gasteiger partial charge in [-0.15, -0.1) is 12.4 Å². The normalized spacial score (nSPS) is 18.7. The van der Waals surface area contributed by atoms with E-state index >= 15 is 0 Å². The number of aromatic nitrogens is 2. The molecule has 0 saturated carbocycles. The molecule has 1 fully saturated rings. The van der Waals surface area contributed by atoms with Crippen LogP contribution in [0.2, 0.25) is 0 Å². The Morgan fingerprint density at radius 1 is 1.59 bits per heavy atom. The van der Waals surface area contributed by atoms with Crippen molar-refractivity contribution < 1.29 is 9.53 Å². The summed E-state index contributed by atoms with van der Waals surface area (Å²) >= 11 is 0. The van der Waals surface area contributed by atoms with Crippen LogP contribution in [0.25, 0.3) is 0 Å². The number of hydrogen-bond donors (Lipinski definition) is 2. The molecule has 126 valence electrons. The Kier molecular flexibility index (Phi) is 8.40. The van der Waals surface area contributed by atoms with Crippen LogP contribution in [-0.4, -0.2) is 66.3 Å². The molecule has 0 radical (unpaired) electrons. The highest BCUT2D eigenvalue weighted by Gasteiger charge is 2.27. The molecule has 1 aromatic rings. The van der Waals surface area contributed by atoms with Crippen molar-refractivity contribution >= 4 is 18.3 Å². The monoisotopic (exact) mass is 331 g/mol. The fourth-order valence-corrected chi connectivity index (χ4v) is 2.54. The first-order valence-electron chi connectivity index (χ1n) is 7.48. The lowest BCUT2D eigenvalue weighted by atomic mass is 10.1. The molecule has 1 aliphatic rings. The lowest BCUT2D eigenvalue weighted by Crippen LogP contribution is -2.50. The molecule has 1 aromatic heterocycles. The highest BCUT2D eigenvalue weighted by Crippen LogP contribution is 2.19. The van der Waals surface area contributed by atoms with Crippen molar-refractivity contribution in [1.82, 2.24) is 25.1 Å². The maximum atomic E-state index is 12.0. The summed E-state index contributed by atoms with van der Waals surface area (Å²) in [6.07, 6.45) is 3.73. The molecule has 1 atom stereocenters. The molecule has 0 aromatic carbocycles. The van der Waals surface area contributed by atoms with Crippen LogP contribution in [0.3, 0.4) is 0 Å². The first-order chi connectivity index (χ1) is 10.2. The molecule has 2 heterocycles. The van der Waals surface area contributed by atoms with Gasteiger partial charge in [-0.1, -0.05) is 0 Å². The molecule has 1 unspecified atom stereocenters. The summed E-state index contributed by atoms with van der Waals surface area (Å²) in [5.74, 6) is 1.03. The Bertz CT molecular complexity index is 454. The zero-order valence-corrected chi connectivity index (χ0v) is 14.1. The zero-order valence-electron chi connectivity index (χ0n) is 13.2. The van der Waals surface area contributed by atoms with Crippen LogP contribution in [0.15, 0.2) is 12.4 Å². The van der Waals surface area contributed by atoms with E-state index in [0.717, 1.165) is 25.5 Å². The van der Waals surface area contributed by atoms with E-state index in [9.17, 15) is 4.79 Å². The maximum Gasteiger partial charge on any atom is 0.234 e. The van der Waals surface area contributed by atoms with Gasteiger partial charge in [-0.2, -0.15) is 0 Å². The molecule has 2 rings (SSSR count). The SMILES string of the molecule is CCOCCNC(=O)CN1CCNCC1c1nccn1C.Cl. The maximum absolute atomic E-state index is 12.0. The Morgan fingerprint density at radius 3 is 3.09 bits per heavy atom. The van der Waals surface area contributed by atoms with Gasteiger partial charge in [0.25, 0.3) is 0 Å². The fraction of sp³-hybridized carbons (Fsp3) is 0.714. The number of nitrogens with one attached hydrogen (secondary N) is 2. The third kappa shape index (κ3) is 5.24. The second kappa shape index (κ2) is 9.78. The fourth-order valence-electron chi connectivity index (χ4n) is 2.54. The minimum atomic E-state index is 0. The summed E-state index contributed by atoms with van der Waals surface area (Å²) < 4.78 is 7.23. The van der Waals surface area contributed by atoms with Crippen LogP contribution in [0.1, 0.15) is 18.8 Å². The number of carbonyl (C=O) groups excluding carboxylic acids is 1.